The molecular weight excluding hydrogens is 710 g/mol. The SMILES string of the molecule is COc1ccc([Te](I)(I)c2cc(C)ccc2N=Cc2ccc([N+](=O)[O-])cc2)cc1. The molecule has 29 heavy (non-hydrogen) atoms. The second kappa shape index (κ2) is 9.72. The van der Waals surface area contributed by atoms with Crippen LogP contribution in [-0.4, -0.2) is 28.5 Å². The summed E-state index contributed by atoms with van der Waals surface area (Å²) in [6.45, 7) is 2.09. The first-order chi connectivity index (χ1) is 13.8. The summed E-state index contributed by atoms with van der Waals surface area (Å²) in [5.74, 6) is 0.848. The Morgan fingerprint density at radius 1 is 1.03 bits per heavy atom. The molecule has 0 bridgehead atoms. The van der Waals surface area contributed by atoms with Crippen molar-refractivity contribution in [1.29, 1.82) is 0 Å². The van der Waals surface area contributed by atoms with Gasteiger partial charge < -0.3 is 0 Å². The fourth-order valence-corrected chi connectivity index (χ4v) is 15.4. The second-order valence-electron chi connectivity index (χ2n) is 6.22. The number of aryl methyl sites for hydroxylation is 1. The number of halogens is 2. The monoisotopic (exact) mass is 730 g/mol. The van der Waals surface area contributed by atoms with Crippen LogP contribution in [0.25, 0.3) is 0 Å². The van der Waals surface area contributed by atoms with Gasteiger partial charge in [0.2, 0.25) is 0 Å². The number of aliphatic imine (C=N–C) groups is 1. The van der Waals surface area contributed by atoms with E-state index < -0.39 is 15.2 Å². The van der Waals surface area contributed by atoms with Crippen molar-refractivity contribution in [2.45, 2.75) is 6.92 Å². The van der Waals surface area contributed by atoms with E-state index in [1.165, 1.54) is 24.9 Å². The quantitative estimate of drug-likeness (QED) is 0.117. The van der Waals surface area contributed by atoms with E-state index in [9.17, 15) is 10.1 Å². The van der Waals surface area contributed by atoms with Gasteiger partial charge in [-0.25, -0.2) is 0 Å². The van der Waals surface area contributed by atoms with Gasteiger partial charge in [-0.05, 0) is 0 Å². The van der Waals surface area contributed by atoms with Gasteiger partial charge in [-0.1, -0.05) is 0 Å². The van der Waals surface area contributed by atoms with E-state index >= 15 is 0 Å². The summed E-state index contributed by atoms with van der Waals surface area (Å²) in [5.41, 5.74) is 3.04. The Balaban J connectivity index is 1.97. The number of nitro groups is 1. The summed E-state index contributed by atoms with van der Waals surface area (Å²) in [5, 5.41) is 10.8. The Labute approximate surface area is 193 Å². The number of nitrogens with zero attached hydrogens (tertiary/aromatic N) is 2. The van der Waals surface area contributed by atoms with Crippen molar-refractivity contribution >= 4 is 72.5 Å². The molecule has 0 spiro atoms. The van der Waals surface area contributed by atoms with E-state index in [0.29, 0.717) is 0 Å². The number of hydrogen-bond donors (Lipinski definition) is 0. The number of rotatable bonds is 6. The third kappa shape index (κ3) is 5.48. The minimum absolute atomic E-state index is 0.0753. The van der Waals surface area contributed by atoms with Crippen LogP contribution in [0, 0.1) is 17.0 Å². The van der Waals surface area contributed by atoms with Gasteiger partial charge >= 0.3 is 195 Å². The molecule has 0 unspecified atom stereocenters. The summed E-state index contributed by atoms with van der Waals surface area (Å²) in [6, 6.07) is 21.0. The van der Waals surface area contributed by atoms with Gasteiger partial charge in [0, 0.05) is 0 Å². The average molecular weight is 728 g/mol. The molecule has 5 nitrogen and oxygen atoms in total. The standard InChI is InChI=1S/C21H18I2N2O3Te/c1-15-3-12-20(24-14-16-4-6-17(7-5-16)25(26)27)21(13-15)29(22,23)19-10-8-18(28-2)9-11-19/h3-14H,1-2H3. The number of hydrogen-bond acceptors (Lipinski definition) is 4. The molecule has 0 radical (unpaired) electrons. The molecule has 3 rings (SSSR count). The molecule has 0 heterocycles. The van der Waals surface area contributed by atoms with Crippen LogP contribution in [-0.2, 0) is 0 Å². The first kappa shape index (κ1) is 22.5. The Kier molecular flexibility index (Phi) is 7.53. The van der Waals surface area contributed by atoms with Crippen molar-refractivity contribution in [2.24, 2.45) is 4.99 Å². The topological polar surface area (TPSA) is 64.7 Å². The number of non-ortho nitro benzene ring substituents is 1. The Bertz CT molecular complexity index is 1050. The van der Waals surface area contributed by atoms with Crippen LogP contribution in [0.3, 0.4) is 0 Å². The van der Waals surface area contributed by atoms with Gasteiger partial charge in [-0.3, -0.25) is 0 Å². The number of nitro benzene ring substituents is 1. The first-order valence-electron chi connectivity index (χ1n) is 8.57. The molecule has 150 valence electrons. The molecule has 0 saturated heterocycles. The Morgan fingerprint density at radius 2 is 1.69 bits per heavy atom. The van der Waals surface area contributed by atoms with Gasteiger partial charge in [0.1, 0.15) is 0 Å². The maximum absolute atomic E-state index is 10.8. The van der Waals surface area contributed by atoms with E-state index in [0.717, 1.165) is 17.0 Å². The third-order valence-electron chi connectivity index (χ3n) is 4.20. The average Bonchev–Trinajstić information content (AvgIpc) is 2.73. The molecule has 0 saturated carbocycles. The van der Waals surface area contributed by atoms with Gasteiger partial charge in [0.05, 0.1) is 0 Å². The van der Waals surface area contributed by atoms with Crippen LogP contribution in [0.5, 0.6) is 5.75 Å². The maximum atomic E-state index is 10.8. The van der Waals surface area contributed by atoms with Crippen molar-refractivity contribution in [2.75, 3.05) is 7.11 Å². The summed E-state index contributed by atoms with van der Waals surface area (Å²) in [4.78, 5) is 15.2. The number of methoxy groups -OCH3 is 1. The predicted molar refractivity (Wildman–Crippen MR) is 138 cm³/mol. The zero-order valence-corrected chi connectivity index (χ0v) is 22.4. The molecule has 3 aromatic carbocycles. The first-order valence-corrected chi connectivity index (χ1v) is 24.5. The predicted octanol–water partition coefficient (Wildman–Crippen LogP) is 5.09. The molecule has 0 aromatic heterocycles. The minimum atomic E-state index is -2.68. The van der Waals surface area contributed by atoms with Crippen LogP contribution in [0.4, 0.5) is 11.4 Å². The van der Waals surface area contributed by atoms with Gasteiger partial charge in [-0.15, -0.1) is 0 Å². The second-order valence-corrected chi connectivity index (χ2v) is 40.5. The van der Waals surface area contributed by atoms with E-state index in [2.05, 4.69) is 68.6 Å². The summed E-state index contributed by atoms with van der Waals surface area (Å²) < 4.78 is 7.89. The van der Waals surface area contributed by atoms with Crippen molar-refractivity contribution in [1.82, 2.24) is 0 Å². The molecule has 3 aromatic rings. The van der Waals surface area contributed by atoms with Gasteiger partial charge in [0.25, 0.3) is 0 Å². The van der Waals surface area contributed by atoms with E-state index in [1.807, 2.05) is 18.2 Å². The molecule has 8 heteroatoms. The molecule has 0 aliphatic carbocycles. The summed E-state index contributed by atoms with van der Waals surface area (Å²) >= 11 is 5.25. The van der Waals surface area contributed by atoms with Crippen molar-refractivity contribution < 1.29 is 9.66 Å². The van der Waals surface area contributed by atoms with Crippen LogP contribution in [0.2, 0.25) is 0 Å². The van der Waals surface area contributed by atoms with Crippen LogP contribution in [0.15, 0.2) is 71.7 Å². The number of benzene rings is 3. The zero-order chi connectivity index (χ0) is 21.0. The van der Waals surface area contributed by atoms with Crippen LogP contribution in [0.1, 0.15) is 11.1 Å². The molecule has 0 aliphatic rings. The number of ether oxygens (including phenoxy) is 1. The Hall–Kier alpha value is -1.22. The summed E-state index contributed by atoms with van der Waals surface area (Å²) in [6.07, 6.45) is 1.76. The normalized spacial score (nSPS) is 12.1. The van der Waals surface area contributed by atoms with Gasteiger partial charge in [0.15, 0.2) is 0 Å². The molecular formula is C21H18I2N2O3Te. The van der Waals surface area contributed by atoms with E-state index in [1.54, 1.807) is 25.5 Å². The van der Waals surface area contributed by atoms with E-state index in [-0.39, 0.29) is 5.69 Å². The van der Waals surface area contributed by atoms with Crippen molar-refractivity contribution in [3.63, 3.8) is 0 Å². The Morgan fingerprint density at radius 3 is 2.28 bits per heavy atom. The zero-order valence-electron chi connectivity index (χ0n) is 15.7. The molecule has 0 amide bonds. The molecule has 0 N–H and O–H groups in total. The van der Waals surface area contributed by atoms with E-state index in [4.69, 9.17) is 9.73 Å². The van der Waals surface area contributed by atoms with Crippen LogP contribution >= 0.6 is 37.4 Å². The third-order valence-corrected chi connectivity index (χ3v) is 22.4. The molecule has 0 atom stereocenters. The van der Waals surface area contributed by atoms with Crippen molar-refractivity contribution in [3.8, 4) is 5.75 Å². The fraction of sp³-hybridized carbons (Fsp3) is 0.0952. The van der Waals surface area contributed by atoms with Crippen molar-refractivity contribution in [3.05, 3.63) is 88.0 Å². The molecule has 0 aliphatic heterocycles. The summed E-state index contributed by atoms with van der Waals surface area (Å²) in [7, 11) is -1.01. The fourth-order valence-electron chi connectivity index (χ4n) is 2.63. The molecule has 0 fully saturated rings. The van der Waals surface area contributed by atoms with Gasteiger partial charge in [-0.2, -0.15) is 0 Å². The van der Waals surface area contributed by atoms with Crippen LogP contribution < -0.4 is 12.0 Å².